The standard InChI is InChI=1S/C18H12BrN3O3/c19-13-5-6-16-21-14(9-17(23)22(16)10-13)11-25-18(24)15-4-2-1-3-12(15)7-8-20/h1-6,9-10H,7,11H2. The number of carbonyl (C=O) groups excluding carboxylic acids is 1. The number of ether oxygens (including phenoxy) is 1. The van der Waals surface area contributed by atoms with E-state index in [1.807, 2.05) is 6.07 Å². The maximum absolute atomic E-state index is 12.3. The van der Waals surface area contributed by atoms with Gasteiger partial charge in [-0.15, -0.1) is 0 Å². The molecule has 0 bridgehead atoms. The molecule has 0 fully saturated rings. The van der Waals surface area contributed by atoms with E-state index in [-0.39, 0.29) is 18.6 Å². The molecule has 25 heavy (non-hydrogen) atoms. The molecule has 7 heteroatoms. The Balaban J connectivity index is 1.81. The van der Waals surface area contributed by atoms with Gasteiger partial charge in [0.1, 0.15) is 12.3 Å². The van der Waals surface area contributed by atoms with Gasteiger partial charge in [-0.05, 0) is 39.7 Å². The van der Waals surface area contributed by atoms with Crippen LogP contribution in [0.25, 0.3) is 5.65 Å². The number of hydrogen-bond donors (Lipinski definition) is 0. The van der Waals surface area contributed by atoms with E-state index in [9.17, 15) is 9.59 Å². The van der Waals surface area contributed by atoms with E-state index in [1.165, 1.54) is 10.5 Å². The lowest BCUT2D eigenvalue weighted by atomic mass is 10.1. The van der Waals surface area contributed by atoms with Crippen LogP contribution in [0.1, 0.15) is 21.6 Å². The number of esters is 1. The molecule has 0 aliphatic heterocycles. The van der Waals surface area contributed by atoms with Gasteiger partial charge in [0.05, 0.1) is 23.7 Å². The average Bonchev–Trinajstić information content (AvgIpc) is 2.61. The van der Waals surface area contributed by atoms with Crippen LogP contribution in [0.4, 0.5) is 0 Å². The van der Waals surface area contributed by atoms with Crippen LogP contribution in [-0.4, -0.2) is 15.4 Å². The predicted molar refractivity (Wildman–Crippen MR) is 94.0 cm³/mol. The number of rotatable bonds is 4. The SMILES string of the molecule is N#CCc1ccccc1C(=O)OCc1cc(=O)n2cc(Br)ccc2n1. The number of fused-ring (bicyclic) bond motifs is 1. The Morgan fingerprint density at radius 3 is 2.88 bits per heavy atom. The molecule has 0 spiro atoms. The van der Waals surface area contributed by atoms with Gasteiger partial charge in [-0.3, -0.25) is 9.20 Å². The molecular weight excluding hydrogens is 386 g/mol. The summed E-state index contributed by atoms with van der Waals surface area (Å²) >= 11 is 3.30. The third-order valence-electron chi connectivity index (χ3n) is 3.53. The van der Waals surface area contributed by atoms with Crippen molar-refractivity contribution in [1.82, 2.24) is 9.38 Å². The maximum Gasteiger partial charge on any atom is 0.338 e. The fraction of sp³-hybridized carbons (Fsp3) is 0.111. The number of nitriles is 1. The molecule has 6 nitrogen and oxygen atoms in total. The zero-order chi connectivity index (χ0) is 17.8. The fourth-order valence-corrected chi connectivity index (χ4v) is 2.71. The minimum atomic E-state index is -0.552. The summed E-state index contributed by atoms with van der Waals surface area (Å²) in [4.78, 5) is 28.7. The van der Waals surface area contributed by atoms with Crippen molar-refractivity contribution in [3.8, 4) is 6.07 Å². The lowest BCUT2D eigenvalue weighted by Gasteiger charge is -2.08. The van der Waals surface area contributed by atoms with Crippen molar-refractivity contribution in [2.24, 2.45) is 0 Å². The van der Waals surface area contributed by atoms with Gasteiger partial charge in [-0.25, -0.2) is 9.78 Å². The van der Waals surface area contributed by atoms with Crippen molar-refractivity contribution in [2.75, 3.05) is 0 Å². The molecule has 0 amide bonds. The first-order chi connectivity index (χ1) is 12.1. The first-order valence-corrected chi connectivity index (χ1v) is 8.17. The normalized spacial score (nSPS) is 10.4. The molecule has 124 valence electrons. The highest BCUT2D eigenvalue weighted by Gasteiger charge is 2.13. The molecule has 0 aliphatic rings. The minimum absolute atomic E-state index is 0.121. The molecule has 0 unspecified atom stereocenters. The highest BCUT2D eigenvalue weighted by atomic mass is 79.9. The van der Waals surface area contributed by atoms with Gasteiger partial charge in [0.2, 0.25) is 0 Å². The molecule has 3 aromatic rings. The van der Waals surface area contributed by atoms with Crippen LogP contribution in [-0.2, 0) is 17.8 Å². The second kappa shape index (κ2) is 7.28. The summed E-state index contributed by atoms with van der Waals surface area (Å²) in [6.45, 7) is -0.123. The van der Waals surface area contributed by atoms with Gasteiger partial charge in [-0.1, -0.05) is 18.2 Å². The molecule has 0 aliphatic carbocycles. The summed E-state index contributed by atoms with van der Waals surface area (Å²) in [5.74, 6) is -0.552. The molecule has 2 heterocycles. The number of carbonyl (C=O) groups is 1. The van der Waals surface area contributed by atoms with E-state index in [1.54, 1.807) is 42.6 Å². The van der Waals surface area contributed by atoms with Gasteiger partial charge in [0, 0.05) is 16.7 Å². The van der Waals surface area contributed by atoms with E-state index < -0.39 is 5.97 Å². The number of halogens is 1. The Morgan fingerprint density at radius 2 is 2.08 bits per heavy atom. The zero-order valence-electron chi connectivity index (χ0n) is 13.0. The topological polar surface area (TPSA) is 84.5 Å². The first kappa shape index (κ1) is 16.9. The van der Waals surface area contributed by atoms with Gasteiger partial charge in [0.15, 0.2) is 0 Å². The van der Waals surface area contributed by atoms with E-state index >= 15 is 0 Å². The highest BCUT2D eigenvalue weighted by molar-refractivity contribution is 9.10. The van der Waals surface area contributed by atoms with Crippen molar-refractivity contribution in [1.29, 1.82) is 5.26 Å². The predicted octanol–water partition coefficient (Wildman–Crippen LogP) is 2.88. The summed E-state index contributed by atoms with van der Waals surface area (Å²) in [7, 11) is 0. The summed E-state index contributed by atoms with van der Waals surface area (Å²) < 4.78 is 7.42. The van der Waals surface area contributed by atoms with Crippen molar-refractivity contribution in [2.45, 2.75) is 13.0 Å². The first-order valence-electron chi connectivity index (χ1n) is 7.38. The van der Waals surface area contributed by atoms with Crippen molar-refractivity contribution >= 4 is 27.5 Å². The zero-order valence-corrected chi connectivity index (χ0v) is 14.6. The number of benzene rings is 1. The minimum Gasteiger partial charge on any atom is -0.456 e. The van der Waals surface area contributed by atoms with Crippen LogP contribution in [0.2, 0.25) is 0 Å². The largest absolute Gasteiger partial charge is 0.456 e. The quantitative estimate of drug-likeness (QED) is 0.631. The molecule has 1 aromatic carbocycles. The van der Waals surface area contributed by atoms with Crippen molar-refractivity contribution < 1.29 is 9.53 Å². The molecule has 0 N–H and O–H groups in total. The van der Waals surface area contributed by atoms with Crippen LogP contribution in [0.15, 0.2) is 57.9 Å². The van der Waals surface area contributed by atoms with Crippen LogP contribution in [0.5, 0.6) is 0 Å². The molecule has 0 saturated carbocycles. The van der Waals surface area contributed by atoms with Crippen LogP contribution < -0.4 is 5.56 Å². The smallest absolute Gasteiger partial charge is 0.338 e. The van der Waals surface area contributed by atoms with E-state index in [2.05, 4.69) is 20.9 Å². The monoisotopic (exact) mass is 397 g/mol. The molecular formula is C18H12BrN3O3. The second-order valence-electron chi connectivity index (χ2n) is 5.23. The Bertz CT molecular complexity index is 1050. The van der Waals surface area contributed by atoms with E-state index in [0.717, 1.165) is 4.47 Å². The van der Waals surface area contributed by atoms with Gasteiger partial charge < -0.3 is 4.74 Å². The summed E-state index contributed by atoms with van der Waals surface area (Å²) in [5, 5.41) is 8.83. The number of aromatic nitrogens is 2. The number of pyridine rings is 1. The molecule has 0 atom stereocenters. The lowest BCUT2D eigenvalue weighted by molar-refractivity contribution is 0.0466. The number of nitrogens with zero attached hydrogens (tertiary/aromatic N) is 3. The average molecular weight is 398 g/mol. The Labute approximate surface area is 151 Å². The van der Waals surface area contributed by atoms with Gasteiger partial charge >= 0.3 is 5.97 Å². The van der Waals surface area contributed by atoms with Crippen LogP contribution in [0.3, 0.4) is 0 Å². The number of hydrogen-bond acceptors (Lipinski definition) is 5. The molecule has 0 radical (unpaired) electrons. The van der Waals surface area contributed by atoms with Crippen LogP contribution in [0, 0.1) is 11.3 Å². The highest BCUT2D eigenvalue weighted by Crippen LogP contribution is 2.13. The van der Waals surface area contributed by atoms with E-state index in [0.29, 0.717) is 22.5 Å². The van der Waals surface area contributed by atoms with Crippen molar-refractivity contribution in [3.63, 3.8) is 0 Å². The third-order valence-corrected chi connectivity index (χ3v) is 4.00. The Hall–Kier alpha value is -2.98. The molecule has 3 rings (SSSR count). The Morgan fingerprint density at radius 1 is 1.28 bits per heavy atom. The van der Waals surface area contributed by atoms with Gasteiger partial charge in [-0.2, -0.15) is 5.26 Å². The third kappa shape index (κ3) is 3.75. The van der Waals surface area contributed by atoms with Gasteiger partial charge in [0.25, 0.3) is 5.56 Å². The molecule has 2 aromatic heterocycles. The Kier molecular flexibility index (Phi) is 4.91. The summed E-state index contributed by atoms with van der Waals surface area (Å²) in [6.07, 6.45) is 1.74. The fourth-order valence-electron chi connectivity index (χ4n) is 2.38. The lowest BCUT2D eigenvalue weighted by Crippen LogP contribution is -2.17. The van der Waals surface area contributed by atoms with Crippen LogP contribution >= 0.6 is 15.9 Å². The summed E-state index contributed by atoms with van der Waals surface area (Å²) in [6, 6.07) is 13.6. The summed E-state index contributed by atoms with van der Waals surface area (Å²) in [5.41, 5.74) is 1.50. The van der Waals surface area contributed by atoms with Crippen molar-refractivity contribution in [3.05, 3.63) is 80.3 Å². The van der Waals surface area contributed by atoms with E-state index in [4.69, 9.17) is 10.00 Å². The maximum atomic E-state index is 12.3. The second-order valence-corrected chi connectivity index (χ2v) is 6.15. The molecule has 0 saturated heterocycles.